The molecule has 2 aromatic rings. The van der Waals surface area contributed by atoms with Gasteiger partial charge in [0.25, 0.3) is 5.91 Å². The summed E-state index contributed by atoms with van der Waals surface area (Å²) in [6, 6.07) is 4.12. The van der Waals surface area contributed by atoms with E-state index in [1.807, 2.05) is 28.2 Å². The number of aryl methyl sites for hydroxylation is 1. The summed E-state index contributed by atoms with van der Waals surface area (Å²) < 4.78 is 6.00. The highest BCUT2D eigenvalue weighted by Gasteiger charge is 2.37. The van der Waals surface area contributed by atoms with Crippen molar-refractivity contribution < 1.29 is 19.1 Å². The predicted octanol–water partition coefficient (Wildman–Crippen LogP) is 4.94. The molecular formula is C31H41ClN6O4S. The molecule has 0 radical (unpaired) electrons. The molecule has 232 valence electrons. The molecule has 3 saturated heterocycles. The first-order valence-electron chi connectivity index (χ1n) is 15.4. The highest BCUT2D eigenvalue weighted by atomic mass is 35.5. The van der Waals surface area contributed by atoms with Gasteiger partial charge in [0.15, 0.2) is 6.10 Å². The van der Waals surface area contributed by atoms with Crippen molar-refractivity contribution in [2.45, 2.75) is 76.6 Å². The third-order valence-corrected chi connectivity index (χ3v) is 10.6. The van der Waals surface area contributed by atoms with Crippen molar-refractivity contribution in [3.63, 3.8) is 0 Å². The molecule has 10 nitrogen and oxygen atoms in total. The van der Waals surface area contributed by atoms with Gasteiger partial charge >= 0.3 is 12.1 Å². The number of piperidine rings is 2. The lowest BCUT2D eigenvalue weighted by Crippen LogP contribution is -2.53. The first kappa shape index (κ1) is 30.0. The lowest BCUT2D eigenvalue weighted by Gasteiger charge is -2.40. The van der Waals surface area contributed by atoms with Gasteiger partial charge in [0.2, 0.25) is 0 Å². The van der Waals surface area contributed by atoms with Crippen LogP contribution in [-0.2, 0) is 22.5 Å². The fourth-order valence-electron chi connectivity index (χ4n) is 6.95. The SMILES string of the molecule is Cc1cc(C[C@@H](OC(=O)N2CCC(N3Cc4cscc4NC3=O)CC2)C(=O)N2CCC(N3CCCC3)CC2)cc(Cl)c1N. The lowest BCUT2D eigenvalue weighted by atomic mass is 10.0. The van der Waals surface area contributed by atoms with Gasteiger partial charge in [0.05, 0.1) is 22.9 Å². The van der Waals surface area contributed by atoms with Gasteiger partial charge in [-0.2, -0.15) is 0 Å². The molecule has 1 aromatic carbocycles. The van der Waals surface area contributed by atoms with E-state index in [1.54, 1.807) is 22.3 Å². The summed E-state index contributed by atoms with van der Waals surface area (Å²) >= 11 is 7.95. The molecular weight excluding hydrogens is 588 g/mol. The van der Waals surface area contributed by atoms with Crippen molar-refractivity contribution in [3.05, 3.63) is 44.6 Å². The molecule has 0 saturated carbocycles. The first-order chi connectivity index (χ1) is 20.8. The molecule has 12 heteroatoms. The van der Waals surface area contributed by atoms with Gasteiger partial charge in [-0.15, -0.1) is 11.3 Å². The van der Waals surface area contributed by atoms with Crippen LogP contribution >= 0.6 is 22.9 Å². The van der Waals surface area contributed by atoms with Crippen molar-refractivity contribution in [2.24, 2.45) is 0 Å². The second-order valence-corrected chi connectivity index (χ2v) is 13.4. The Labute approximate surface area is 262 Å². The lowest BCUT2D eigenvalue weighted by molar-refractivity contribution is -0.142. The largest absolute Gasteiger partial charge is 0.436 e. The minimum absolute atomic E-state index is 0.0336. The summed E-state index contributed by atoms with van der Waals surface area (Å²) in [7, 11) is 0. The van der Waals surface area contributed by atoms with E-state index in [1.165, 1.54) is 12.8 Å². The minimum atomic E-state index is -0.961. The molecule has 3 fully saturated rings. The van der Waals surface area contributed by atoms with Crippen molar-refractivity contribution >= 4 is 52.3 Å². The normalized spacial score (nSPS) is 21.1. The van der Waals surface area contributed by atoms with Crippen LogP contribution in [0.25, 0.3) is 0 Å². The number of carbonyl (C=O) groups excluding carboxylic acids is 3. The second kappa shape index (κ2) is 12.9. The maximum absolute atomic E-state index is 13.9. The van der Waals surface area contributed by atoms with Crippen molar-refractivity contribution in [1.82, 2.24) is 19.6 Å². The summed E-state index contributed by atoms with van der Waals surface area (Å²) in [5.41, 5.74) is 10.2. The Kier molecular flexibility index (Phi) is 9.02. The van der Waals surface area contributed by atoms with E-state index in [4.69, 9.17) is 22.1 Å². The molecule has 0 unspecified atom stereocenters. The monoisotopic (exact) mass is 628 g/mol. The van der Waals surface area contributed by atoms with Crippen LogP contribution in [0.4, 0.5) is 21.0 Å². The Bertz CT molecular complexity index is 1320. The van der Waals surface area contributed by atoms with E-state index >= 15 is 0 Å². The van der Waals surface area contributed by atoms with Gasteiger partial charge in [-0.05, 0) is 81.1 Å². The zero-order chi connectivity index (χ0) is 30.1. The smallest absolute Gasteiger partial charge is 0.410 e. The third-order valence-electron chi connectivity index (χ3n) is 9.52. The van der Waals surface area contributed by atoms with Crippen LogP contribution in [0.15, 0.2) is 22.9 Å². The highest BCUT2D eigenvalue weighted by Crippen LogP contribution is 2.31. The van der Waals surface area contributed by atoms with E-state index < -0.39 is 12.2 Å². The number of likely N-dealkylation sites (tertiary alicyclic amines) is 3. The number of hydrogen-bond acceptors (Lipinski definition) is 7. The number of halogens is 1. The average Bonchev–Trinajstić information content (AvgIpc) is 3.71. The van der Waals surface area contributed by atoms with Gasteiger partial charge in [-0.1, -0.05) is 17.7 Å². The average molecular weight is 629 g/mol. The molecule has 0 spiro atoms. The van der Waals surface area contributed by atoms with Gasteiger partial charge in [0, 0.05) is 55.6 Å². The van der Waals surface area contributed by atoms with Gasteiger partial charge in [-0.25, -0.2) is 9.59 Å². The van der Waals surface area contributed by atoms with E-state index in [9.17, 15) is 14.4 Å². The number of nitrogens with zero attached hydrogens (tertiary/aromatic N) is 4. The molecule has 6 rings (SSSR count). The molecule has 4 aliphatic rings. The van der Waals surface area contributed by atoms with Crippen molar-refractivity contribution in [3.8, 4) is 0 Å². The number of amides is 4. The Balaban J connectivity index is 1.10. The zero-order valence-electron chi connectivity index (χ0n) is 24.7. The number of urea groups is 1. The number of nitrogen functional groups attached to an aromatic ring is 1. The Morgan fingerprint density at radius 1 is 1.02 bits per heavy atom. The number of fused-ring (bicyclic) bond motifs is 1. The van der Waals surface area contributed by atoms with Crippen molar-refractivity contribution in [2.75, 3.05) is 50.3 Å². The van der Waals surface area contributed by atoms with Gasteiger partial charge in [-0.3, -0.25) is 4.79 Å². The number of anilines is 2. The Hall–Kier alpha value is -3.02. The van der Waals surface area contributed by atoms with E-state index in [0.717, 1.165) is 48.3 Å². The zero-order valence-corrected chi connectivity index (χ0v) is 26.3. The van der Waals surface area contributed by atoms with Crippen LogP contribution < -0.4 is 11.1 Å². The molecule has 0 bridgehead atoms. The summed E-state index contributed by atoms with van der Waals surface area (Å²) in [5.74, 6) is -0.162. The number of thiophene rings is 1. The van der Waals surface area contributed by atoms with Crippen LogP contribution in [0, 0.1) is 6.92 Å². The fraction of sp³-hybridized carbons (Fsp3) is 0.581. The molecule has 1 aromatic heterocycles. The van der Waals surface area contributed by atoms with Gasteiger partial charge < -0.3 is 35.4 Å². The Morgan fingerprint density at radius 2 is 1.70 bits per heavy atom. The molecule has 5 heterocycles. The Morgan fingerprint density at radius 3 is 2.40 bits per heavy atom. The molecule has 0 aliphatic carbocycles. The van der Waals surface area contributed by atoms with E-state index in [0.29, 0.717) is 62.3 Å². The van der Waals surface area contributed by atoms with Crippen LogP contribution in [-0.4, -0.2) is 95.1 Å². The number of nitrogens with two attached hydrogens (primary N) is 1. The van der Waals surface area contributed by atoms with Crippen molar-refractivity contribution in [1.29, 1.82) is 0 Å². The number of hydrogen-bond donors (Lipinski definition) is 2. The quantitative estimate of drug-likeness (QED) is 0.439. The summed E-state index contributed by atoms with van der Waals surface area (Å²) in [6.45, 7) is 6.97. The number of benzene rings is 1. The van der Waals surface area contributed by atoms with Crippen LogP contribution in [0.2, 0.25) is 5.02 Å². The van der Waals surface area contributed by atoms with Gasteiger partial charge in [0.1, 0.15) is 0 Å². The number of ether oxygens (including phenoxy) is 1. The maximum atomic E-state index is 13.9. The number of carbonyl (C=O) groups is 3. The summed E-state index contributed by atoms with van der Waals surface area (Å²) in [6.07, 6.45) is 4.44. The van der Waals surface area contributed by atoms with Crippen LogP contribution in [0.3, 0.4) is 0 Å². The molecule has 4 aliphatic heterocycles. The fourth-order valence-corrected chi connectivity index (χ4v) is 8.02. The first-order valence-corrected chi connectivity index (χ1v) is 16.7. The third kappa shape index (κ3) is 6.58. The molecule has 4 amide bonds. The molecule has 43 heavy (non-hydrogen) atoms. The summed E-state index contributed by atoms with van der Waals surface area (Å²) in [4.78, 5) is 48.0. The van der Waals surface area contributed by atoms with Crippen LogP contribution in [0.5, 0.6) is 0 Å². The number of rotatable bonds is 6. The predicted molar refractivity (Wildman–Crippen MR) is 168 cm³/mol. The number of nitrogens with one attached hydrogen (secondary N) is 1. The van der Waals surface area contributed by atoms with E-state index in [-0.39, 0.29) is 24.4 Å². The minimum Gasteiger partial charge on any atom is -0.436 e. The summed E-state index contributed by atoms with van der Waals surface area (Å²) in [5, 5.41) is 7.42. The highest BCUT2D eigenvalue weighted by molar-refractivity contribution is 7.08. The molecule has 3 N–H and O–H groups in total. The maximum Gasteiger partial charge on any atom is 0.410 e. The van der Waals surface area contributed by atoms with E-state index in [2.05, 4.69) is 15.6 Å². The topological polar surface area (TPSA) is 111 Å². The molecule has 1 atom stereocenters. The standard InChI is InChI=1S/C31H41ClN6O4S/c1-20-14-21(15-25(32)28(20)33)16-27(29(39)36-10-4-23(5-11-36)35-8-2-3-9-35)42-31(41)37-12-6-24(7-13-37)38-17-22-18-43-19-26(22)34-30(38)40/h14-15,18-19,23-24,27H,2-13,16-17,33H2,1H3,(H,34,40)/t27-/m1/s1. The second-order valence-electron chi connectivity index (χ2n) is 12.3. The van der Waals surface area contributed by atoms with Crippen LogP contribution in [0.1, 0.15) is 55.2 Å².